The zero-order chi connectivity index (χ0) is 22.0. The summed E-state index contributed by atoms with van der Waals surface area (Å²) in [5, 5.41) is 10.7. The Bertz CT molecular complexity index is 1100. The minimum absolute atomic E-state index is 0.0145. The van der Waals surface area contributed by atoms with Crippen LogP contribution in [-0.2, 0) is 11.3 Å². The number of carboxylic acid groups (broad SMARTS) is 1. The van der Waals surface area contributed by atoms with Crippen molar-refractivity contribution in [2.24, 2.45) is 0 Å². The SMILES string of the molecule is COc1ccc(-c2c(C(=O)O)n(CC(=O)N(C)C)c3cc(OC)c(OC)cc23)cc1. The monoisotopic (exact) mass is 412 g/mol. The molecule has 1 amide bonds. The Morgan fingerprint density at radius 3 is 2.07 bits per heavy atom. The van der Waals surface area contributed by atoms with E-state index in [0.29, 0.717) is 39.3 Å². The first kappa shape index (κ1) is 21.0. The molecule has 0 spiro atoms. The number of amides is 1. The van der Waals surface area contributed by atoms with Crippen LogP contribution >= 0.6 is 0 Å². The van der Waals surface area contributed by atoms with Crippen molar-refractivity contribution in [1.82, 2.24) is 9.47 Å². The molecule has 158 valence electrons. The Morgan fingerprint density at radius 1 is 0.967 bits per heavy atom. The number of hydrogen-bond acceptors (Lipinski definition) is 5. The predicted molar refractivity (Wildman–Crippen MR) is 113 cm³/mol. The van der Waals surface area contributed by atoms with Crippen LogP contribution in [0.2, 0.25) is 0 Å². The van der Waals surface area contributed by atoms with Crippen molar-refractivity contribution >= 4 is 22.8 Å². The molecule has 0 aliphatic rings. The number of carbonyl (C=O) groups excluding carboxylic acids is 1. The van der Waals surface area contributed by atoms with E-state index in [0.717, 1.165) is 0 Å². The third-order valence-corrected chi connectivity index (χ3v) is 4.94. The van der Waals surface area contributed by atoms with Crippen LogP contribution in [0.5, 0.6) is 17.2 Å². The first-order chi connectivity index (χ1) is 14.3. The number of ether oxygens (including phenoxy) is 3. The number of aromatic nitrogens is 1. The Kier molecular flexibility index (Phi) is 5.86. The zero-order valence-electron chi connectivity index (χ0n) is 17.6. The van der Waals surface area contributed by atoms with Crippen molar-refractivity contribution in [3.05, 3.63) is 42.1 Å². The Morgan fingerprint density at radius 2 is 1.57 bits per heavy atom. The molecule has 0 saturated carbocycles. The highest BCUT2D eigenvalue weighted by Gasteiger charge is 2.26. The van der Waals surface area contributed by atoms with E-state index in [2.05, 4.69) is 0 Å². The molecule has 1 aromatic heterocycles. The molecule has 3 aromatic rings. The van der Waals surface area contributed by atoms with E-state index >= 15 is 0 Å². The van der Waals surface area contributed by atoms with Crippen molar-refractivity contribution in [1.29, 1.82) is 0 Å². The molecule has 30 heavy (non-hydrogen) atoms. The molecule has 3 rings (SSSR count). The molecule has 0 saturated heterocycles. The molecule has 1 heterocycles. The second-order valence-electron chi connectivity index (χ2n) is 6.86. The summed E-state index contributed by atoms with van der Waals surface area (Å²) in [5.41, 5.74) is 1.75. The summed E-state index contributed by atoms with van der Waals surface area (Å²) in [7, 11) is 7.84. The van der Waals surface area contributed by atoms with Gasteiger partial charge in [0, 0.05) is 31.1 Å². The fraction of sp³-hybridized carbons (Fsp3) is 0.273. The van der Waals surface area contributed by atoms with E-state index in [-0.39, 0.29) is 18.1 Å². The van der Waals surface area contributed by atoms with E-state index < -0.39 is 5.97 Å². The van der Waals surface area contributed by atoms with Gasteiger partial charge in [0.15, 0.2) is 11.5 Å². The van der Waals surface area contributed by atoms with Crippen LogP contribution in [0.3, 0.4) is 0 Å². The van der Waals surface area contributed by atoms with Gasteiger partial charge in [-0.15, -0.1) is 0 Å². The number of carbonyl (C=O) groups is 2. The number of aromatic carboxylic acids is 1. The highest BCUT2D eigenvalue weighted by molar-refractivity contribution is 6.09. The molecule has 1 N–H and O–H groups in total. The van der Waals surface area contributed by atoms with Gasteiger partial charge in [-0.05, 0) is 23.8 Å². The summed E-state index contributed by atoms with van der Waals surface area (Å²) in [6, 6.07) is 10.5. The number of carboxylic acids is 1. The minimum atomic E-state index is -1.14. The molecule has 0 aliphatic carbocycles. The Labute approximate surface area is 174 Å². The van der Waals surface area contributed by atoms with Gasteiger partial charge in [-0.25, -0.2) is 4.79 Å². The molecule has 0 atom stereocenters. The summed E-state index contributed by atoms with van der Waals surface area (Å²) >= 11 is 0. The zero-order valence-corrected chi connectivity index (χ0v) is 17.6. The first-order valence-corrected chi connectivity index (χ1v) is 9.18. The highest BCUT2D eigenvalue weighted by Crippen LogP contribution is 2.41. The number of hydrogen-bond donors (Lipinski definition) is 1. The average molecular weight is 412 g/mol. The standard InChI is InChI=1S/C22H24N2O6/c1-23(2)19(25)12-24-16-11-18(30-5)17(29-4)10-15(16)20(21(24)22(26)27)13-6-8-14(28-3)9-7-13/h6-11H,12H2,1-5H3,(H,26,27). The van der Waals surface area contributed by atoms with Gasteiger partial charge in [0.05, 0.1) is 26.8 Å². The maximum atomic E-state index is 12.5. The lowest BCUT2D eigenvalue weighted by Gasteiger charge is -2.14. The van der Waals surface area contributed by atoms with Gasteiger partial charge in [-0.2, -0.15) is 0 Å². The van der Waals surface area contributed by atoms with Gasteiger partial charge >= 0.3 is 5.97 Å². The summed E-state index contributed by atoms with van der Waals surface area (Å²) < 4.78 is 17.5. The average Bonchev–Trinajstić information content (AvgIpc) is 3.05. The highest BCUT2D eigenvalue weighted by atomic mass is 16.5. The Balaban J connectivity index is 2.40. The van der Waals surface area contributed by atoms with Crippen molar-refractivity contribution in [2.75, 3.05) is 35.4 Å². The summed E-state index contributed by atoms with van der Waals surface area (Å²) in [4.78, 5) is 26.2. The summed E-state index contributed by atoms with van der Waals surface area (Å²) in [6.45, 7) is -0.128. The number of benzene rings is 2. The van der Waals surface area contributed by atoms with E-state index in [1.54, 1.807) is 57.6 Å². The van der Waals surface area contributed by atoms with Crippen LogP contribution in [-0.4, -0.2) is 61.9 Å². The minimum Gasteiger partial charge on any atom is -0.497 e. The van der Waals surface area contributed by atoms with E-state index in [4.69, 9.17) is 14.2 Å². The molecule has 0 fully saturated rings. The van der Waals surface area contributed by atoms with Gasteiger partial charge in [-0.3, -0.25) is 4.79 Å². The van der Waals surface area contributed by atoms with Gasteiger partial charge in [0.2, 0.25) is 5.91 Å². The first-order valence-electron chi connectivity index (χ1n) is 9.18. The number of methoxy groups -OCH3 is 3. The fourth-order valence-electron chi connectivity index (χ4n) is 3.39. The lowest BCUT2D eigenvalue weighted by molar-refractivity contribution is -0.129. The number of nitrogens with zero attached hydrogens (tertiary/aromatic N) is 2. The second kappa shape index (κ2) is 8.36. The van der Waals surface area contributed by atoms with Gasteiger partial charge in [0.25, 0.3) is 0 Å². The third kappa shape index (κ3) is 3.63. The second-order valence-corrected chi connectivity index (χ2v) is 6.86. The smallest absolute Gasteiger partial charge is 0.353 e. The topological polar surface area (TPSA) is 90.2 Å². The fourth-order valence-corrected chi connectivity index (χ4v) is 3.39. The van der Waals surface area contributed by atoms with Crippen LogP contribution < -0.4 is 14.2 Å². The molecule has 8 nitrogen and oxygen atoms in total. The number of rotatable bonds is 7. The van der Waals surface area contributed by atoms with Crippen molar-refractivity contribution in [3.63, 3.8) is 0 Å². The van der Waals surface area contributed by atoms with E-state index in [1.807, 2.05) is 0 Å². The van der Waals surface area contributed by atoms with Crippen molar-refractivity contribution in [2.45, 2.75) is 6.54 Å². The van der Waals surface area contributed by atoms with Crippen LogP contribution in [0.25, 0.3) is 22.0 Å². The molecule has 0 radical (unpaired) electrons. The van der Waals surface area contributed by atoms with Gasteiger partial charge in [-0.1, -0.05) is 12.1 Å². The molecule has 2 aromatic carbocycles. The lowest BCUT2D eigenvalue weighted by atomic mass is 10.0. The van der Waals surface area contributed by atoms with Crippen molar-refractivity contribution in [3.8, 4) is 28.4 Å². The molecular formula is C22H24N2O6. The van der Waals surface area contributed by atoms with Crippen LogP contribution in [0.1, 0.15) is 10.5 Å². The molecule has 0 bridgehead atoms. The predicted octanol–water partition coefficient (Wildman–Crippen LogP) is 3.12. The number of fused-ring (bicyclic) bond motifs is 1. The normalized spacial score (nSPS) is 10.7. The molecule has 8 heteroatoms. The summed E-state index contributed by atoms with van der Waals surface area (Å²) in [6.07, 6.45) is 0. The number of likely N-dealkylation sites (N-methyl/N-ethyl adjacent to an activating group) is 1. The van der Waals surface area contributed by atoms with E-state index in [9.17, 15) is 14.7 Å². The Hall–Kier alpha value is -3.68. The van der Waals surface area contributed by atoms with Gasteiger partial charge < -0.3 is 28.8 Å². The molecule has 0 unspecified atom stereocenters. The molecule has 0 aliphatic heterocycles. The van der Waals surface area contributed by atoms with Crippen LogP contribution in [0, 0.1) is 0 Å². The largest absolute Gasteiger partial charge is 0.497 e. The maximum Gasteiger partial charge on any atom is 0.353 e. The third-order valence-electron chi connectivity index (χ3n) is 4.94. The molecular weight excluding hydrogens is 388 g/mol. The van der Waals surface area contributed by atoms with Crippen LogP contribution in [0.15, 0.2) is 36.4 Å². The van der Waals surface area contributed by atoms with Crippen LogP contribution in [0.4, 0.5) is 0 Å². The van der Waals surface area contributed by atoms with Crippen molar-refractivity contribution < 1.29 is 28.9 Å². The van der Waals surface area contributed by atoms with E-state index in [1.165, 1.54) is 23.7 Å². The summed E-state index contributed by atoms with van der Waals surface area (Å²) in [5.74, 6) is 0.195. The van der Waals surface area contributed by atoms with Gasteiger partial charge in [0.1, 0.15) is 18.0 Å². The quantitative estimate of drug-likeness (QED) is 0.641. The lowest BCUT2D eigenvalue weighted by Crippen LogP contribution is -2.27. The maximum absolute atomic E-state index is 12.5.